The lowest BCUT2D eigenvalue weighted by molar-refractivity contribution is 0.370. The van der Waals surface area contributed by atoms with Gasteiger partial charge in [-0.25, -0.2) is 21.2 Å². The molecule has 4 rings (SSSR count). The third-order valence-corrected chi connectivity index (χ3v) is 6.55. The number of likely N-dealkylation sites (N-methyl/N-ethyl adjacent to an activating group) is 1. The van der Waals surface area contributed by atoms with Gasteiger partial charge in [-0.1, -0.05) is 6.08 Å². The largest absolute Gasteiger partial charge is 0.302 e. The highest BCUT2D eigenvalue weighted by atomic mass is 32.2. The molecule has 7 heteroatoms. The van der Waals surface area contributed by atoms with Gasteiger partial charge < -0.3 is 4.90 Å². The number of fused-ring (bicyclic) bond motifs is 1. The van der Waals surface area contributed by atoms with E-state index < -0.39 is 21.7 Å². The Bertz CT molecular complexity index is 1150. The average Bonchev–Trinajstić information content (AvgIpc) is 3.02. The summed E-state index contributed by atoms with van der Waals surface area (Å²) in [5.41, 5.74) is 2.11. The van der Waals surface area contributed by atoms with Gasteiger partial charge in [-0.2, -0.15) is 0 Å². The smallest absolute Gasteiger partial charge is 0.268 e. The van der Waals surface area contributed by atoms with Gasteiger partial charge in [0.25, 0.3) is 10.0 Å². The van der Waals surface area contributed by atoms with Crippen molar-refractivity contribution >= 4 is 26.5 Å². The molecule has 0 radical (unpaired) electrons. The average molecular weight is 388 g/mol. The van der Waals surface area contributed by atoms with Crippen LogP contribution in [-0.4, -0.2) is 37.4 Å². The Hall–Kier alpha value is -2.51. The van der Waals surface area contributed by atoms with E-state index in [1.165, 1.54) is 30.3 Å². The lowest BCUT2D eigenvalue weighted by Gasteiger charge is -2.21. The maximum absolute atomic E-state index is 13.9. The van der Waals surface area contributed by atoms with Crippen molar-refractivity contribution in [3.8, 4) is 0 Å². The van der Waals surface area contributed by atoms with E-state index in [0.717, 1.165) is 41.2 Å². The van der Waals surface area contributed by atoms with Crippen molar-refractivity contribution in [2.45, 2.75) is 11.3 Å². The van der Waals surface area contributed by atoms with Crippen molar-refractivity contribution in [3.05, 3.63) is 71.9 Å². The van der Waals surface area contributed by atoms with Crippen molar-refractivity contribution in [1.29, 1.82) is 0 Å². The molecule has 3 aromatic rings. The summed E-state index contributed by atoms with van der Waals surface area (Å²) >= 11 is 0. The molecule has 140 valence electrons. The third-order valence-electron chi connectivity index (χ3n) is 4.86. The second kappa shape index (κ2) is 6.58. The normalized spacial score (nSPS) is 15.9. The molecule has 27 heavy (non-hydrogen) atoms. The summed E-state index contributed by atoms with van der Waals surface area (Å²) in [6.45, 7) is 1.60. The molecule has 2 heterocycles. The van der Waals surface area contributed by atoms with E-state index >= 15 is 0 Å². The van der Waals surface area contributed by atoms with E-state index in [-0.39, 0.29) is 4.90 Å². The SMILES string of the molecule is CN1CC=C(c2cn(S(=O)(=O)c3ccc(F)cc3)c3ccc(F)cc23)CC1. The molecule has 1 aliphatic rings. The molecule has 1 aliphatic heterocycles. The Morgan fingerprint density at radius 2 is 1.70 bits per heavy atom. The molecular formula is C20H18F2N2O2S. The van der Waals surface area contributed by atoms with E-state index in [2.05, 4.69) is 4.90 Å². The summed E-state index contributed by atoms with van der Waals surface area (Å²) in [5.74, 6) is -0.931. The second-order valence-corrected chi connectivity index (χ2v) is 8.52. The van der Waals surface area contributed by atoms with Crippen LogP contribution in [0.2, 0.25) is 0 Å². The summed E-state index contributed by atoms with van der Waals surface area (Å²) in [6, 6.07) is 8.75. The van der Waals surface area contributed by atoms with Crippen LogP contribution in [0.25, 0.3) is 16.5 Å². The van der Waals surface area contributed by atoms with Crippen LogP contribution in [0, 0.1) is 11.6 Å². The van der Waals surface area contributed by atoms with E-state index in [1.807, 2.05) is 13.1 Å². The predicted molar refractivity (Wildman–Crippen MR) is 101 cm³/mol. The summed E-state index contributed by atoms with van der Waals surface area (Å²) in [6.07, 6.45) is 4.33. The summed E-state index contributed by atoms with van der Waals surface area (Å²) in [7, 11) is -1.92. The van der Waals surface area contributed by atoms with Gasteiger partial charge >= 0.3 is 0 Å². The summed E-state index contributed by atoms with van der Waals surface area (Å²) in [5, 5.41) is 0.552. The van der Waals surface area contributed by atoms with Crippen LogP contribution in [-0.2, 0) is 10.0 Å². The Morgan fingerprint density at radius 1 is 1.00 bits per heavy atom. The quantitative estimate of drug-likeness (QED) is 0.684. The molecular weight excluding hydrogens is 370 g/mol. The number of benzene rings is 2. The van der Waals surface area contributed by atoms with Crippen molar-refractivity contribution in [2.24, 2.45) is 0 Å². The molecule has 0 atom stereocenters. The molecule has 0 saturated carbocycles. The number of halogens is 2. The zero-order valence-corrected chi connectivity index (χ0v) is 15.5. The zero-order valence-electron chi connectivity index (χ0n) is 14.7. The van der Waals surface area contributed by atoms with Crippen LogP contribution in [0.3, 0.4) is 0 Å². The van der Waals surface area contributed by atoms with Gasteiger partial charge in [-0.15, -0.1) is 0 Å². The first-order valence-electron chi connectivity index (χ1n) is 8.56. The highest BCUT2D eigenvalue weighted by Gasteiger charge is 2.23. The molecule has 0 saturated heterocycles. The lowest BCUT2D eigenvalue weighted by Crippen LogP contribution is -2.23. The fourth-order valence-electron chi connectivity index (χ4n) is 3.36. The van der Waals surface area contributed by atoms with Crippen molar-refractivity contribution < 1.29 is 17.2 Å². The number of hydrogen-bond donors (Lipinski definition) is 0. The van der Waals surface area contributed by atoms with Gasteiger partial charge in [-0.3, -0.25) is 0 Å². The monoisotopic (exact) mass is 388 g/mol. The first-order valence-corrected chi connectivity index (χ1v) is 10.00. The standard InChI is InChI=1S/C20H18F2N2O2S/c1-23-10-8-14(9-11-23)19-13-24(20-7-4-16(22)12-18(19)20)27(25,26)17-5-2-15(21)3-6-17/h2-8,12-13H,9-11H2,1H3. The molecule has 0 spiro atoms. The second-order valence-electron chi connectivity index (χ2n) is 6.70. The first-order chi connectivity index (χ1) is 12.9. The van der Waals surface area contributed by atoms with Gasteiger partial charge in [0, 0.05) is 30.2 Å². The van der Waals surface area contributed by atoms with Crippen LogP contribution in [0.1, 0.15) is 12.0 Å². The molecule has 0 unspecified atom stereocenters. The van der Waals surface area contributed by atoms with Crippen LogP contribution >= 0.6 is 0 Å². The molecule has 0 amide bonds. The molecule has 1 aromatic heterocycles. The Morgan fingerprint density at radius 3 is 2.37 bits per heavy atom. The third kappa shape index (κ3) is 3.17. The molecule has 0 fully saturated rings. The van der Waals surface area contributed by atoms with Crippen LogP contribution < -0.4 is 0 Å². The Kier molecular flexibility index (Phi) is 4.36. The topological polar surface area (TPSA) is 42.3 Å². The van der Waals surface area contributed by atoms with Gasteiger partial charge in [0.05, 0.1) is 10.4 Å². The minimum Gasteiger partial charge on any atom is -0.302 e. The van der Waals surface area contributed by atoms with Gasteiger partial charge in [0.15, 0.2) is 0 Å². The fourth-order valence-corrected chi connectivity index (χ4v) is 4.73. The van der Waals surface area contributed by atoms with Crippen molar-refractivity contribution in [2.75, 3.05) is 20.1 Å². The van der Waals surface area contributed by atoms with Gasteiger partial charge in [0.2, 0.25) is 0 Å². The molecule has 0 N–H and O–H groups in total. The highest BCUT2D eigenvalue weighted by molar-refractivity contribution is 7.90. The van der Waals surface area contributed by atoms with E-state index in [1.54, 1.807) is 6.20 Å². The van der Waals surface area contributed by atoms with Crippen LogP contribution in [0.5, 0.6) is 0 Å². The van der Waals surface area contributed by atoms with Crippen molar-refractivity contribution in [3.63, 3.8) is 0 Å². The maximum atomic E-state index is 13.9. The predicted octanol–water partition coefficient (Wildman–Crippen LogP) is 3.88. The number of rotatable bonds is 3. The molecule has 0 bridgehead atoms. The molecule has 2 aromatic carbocycles. The fraction of sp³-hybridized carbons (Fsp3) is 0.200. The van der Waals surface area contributed by atoms with Gasteiger partial charge in [-0.05, 0) is 61.5 Å². The van der Waals surface area contributed by atoms with Crippen molar-refractivity contribution in [1.82, 2.24) is 8.87 Å². The molecule has 4 nitrogen and oxygen atoms in total. The summed E-state index contributed by atoms with van der Waals surface area (Å²) < 4.78 is 54.5. The number of aromatic nitrogens is 1. The van der Waals surface area contributed by atoms with Gasteiger partial charge in [0.1, 0.15) is 11.6 Å². The van der Waals surface area contributed by atoms with E-state index in [9.17, 15) is 17.2 Å². The van der Waals surface area contributed by atoms with E-state index in [4.69, 9.17) is 0 Å². The molecule has 0 aliphatic carbocycles. The Labute approximate surface area is 156 Å². The highest BCUT2D eigenvalue weighted by Crippen LogP contribution is 2.33. The minimum absolute atomic E-state index is 0.0194. The first kappa shape index (κ1) is 17.9. The van der Waals surface area contributed by atoms with Crippen LogP contribution in [0.4, 0.5) is 8.78 Å². The number of hydrogen-bond acceptors (Lipinski definition) is 3. The Balaban J connectivity index is 1.93. The number of nitrogens with zero attached hydrogens (tertiary/aromatic N) is 2. The minimum atomic E-state index is -3.93. The lowest BCUT2D eigenvalue weighted by atomic mass is 9.99. The summed E-state index contributed by atoms with van der Waals surface area (Å²) in [4.78, 5) is 2.13. The van der Waals surface area contributed by atoms with E-state index in [0.29, 0.717) is 16.5 Å². The maximum Gasteiger partial charge on any atom is 0.268 e. The van der Waals surface area contributed by atoms with Crippen LogP contribution in [0.15, 0.2) is 59.6 Å². The zero-order chi connectivity index (χ0) is 19.2.